The summed E-state index contributed by atoms with van der Waals surface area (Å²) in [6.07, 6.45) is 0. The van der Waals surface area contributed by atoms with Crippen molar-refractivity contribution in [1.29, 1.82) is 0 Å². The van der Waals surface area contributed by atoms with Crippen molar-refractivity contribution >= 4 is 21.8 Å². The number of nitrogens with zero attached hydrogens (tertiary/aromatic N) is 4. The fourth-order valence-electron chi connectivity index (χ4n) is 4.48. The van der Waals surface area contributed by atoms with Crippen molar-refractivity contribution in [3.63, 3.8) is 0 Å². The SMILES string of the molecule is COc1cc2nc(-c3ccc(-c4nc5cc(OC)c(OC)cc5c(=O)n4C)cc3)n(C)c(=O)c2cc1OC. The number of methoxy groups -OCH3 is 4. The quantitative estimate of drug-likeness (QED) is 0.339. The van der Waals surface area contributed by atoms with Crippen LogP contribution in [0, 0.1) is 0 Å². The molecule has 0 spiro atoms. The molecule has 5 aromatic rings. The van der Waals surface area contributed by atoms with Gasteiger partial charge in [-0.05, 0) is 12.1 Å². The Morgan fingerprint density at radius 3 is 1.18 bits per heavy atom. The Morgan fingerprint density at radius 2 is 0.868 bits per heavy atom. The highest BCUT2D eigenvalue weighted by atomic mass is 16.5. The van der Waals surface area contributed by atoms with E-state index >= 15 is 0 Å². The lowest BCUT2D eigenvalue weighted by Crippen LogP contribution is -2.21. The highest BCUT2D eigenvalue weighted by Crippen LogP contribution is 2.33. The van der Waals surface area contributed by atoms with Crippen molar-refractivity contribution in [3.05, 3.63) is 69.2 Å². The second-order valence-electron chi connectivity index (χ2n) is 8.63. The number of ether oxygens (including phenoxy) is 4. The van der Waals surface area contributed by atoms with Crippen LogP contribution in [0.1, 0.15) is 0 Å². The van der Waals surface area contributed by atoms with Crippen LogP contribution in [-0.4, -0.2) is 47.5 Å². The lowest BCUT2D eigenvalue weighted by molar-refractivity contribution is 0.355. The van der Waals surface area contributed by atoms with Crippen LogP contribution in [0.2, 0.25) is 0 Å². The maximum Gasteiger partial charge on any atom is 0.261 e. The molecule has 0 atom stereocenters. The molecule has 5 rings (SSSR count). The van der Waals surface area contributed by atoms with E-state index in [1.165, 1.54) is 37.6 Å². The summed E-state index contributed by atoms with van der Waals surface area (Å²) < 4.78 is 24.4. The van der Waals surface area contributed by atoms with Gasteiger partial charge in [-0.15, -0.1) is 0 Å². The van der Waals surface area contributed by atoms with Crippen molar-refractivity contribution in [3.8, 4) is 45.8 Å². The minimum Gasteiger partial charge on any atom is -0.493 e. The minimum absolute atomic E-state index is 0.210. The van der Waals surface area contributed by atoms with Gasteiger partial charge in [-0.25, -0.2) is 9.97 Å². The Kier molecular flexibility index (Phi) is 6.23. The van der Waals surface area contributed by atoms with Crippen LogP contribution < -0.4 is 30.1 Å². The van der Waals surface area contributed by atoms with E-state index in [1.807, 2.05) is 24.3 Å². The Labute approximate surface area is 217 Å². The summed E-state index contributed by atoms with van der Waals surface area (Å²) in [5.74, 6) is 2.86. The summed E-state index contributed by atoms with van der Waals surface area (Å²) >= 11 is 0. The Morgan fingerprint density at radius 1 is 0.553 bits per heavy atom. The molecular weight excluding hydrogens is 488 g/mol. The number of hydrogen-bond donors (Lipinski definition) is 0. The first-order valence-electron chi connectivity index (χ1n) is 11.7. The summed E-state index contributed by atoms with van der Waals surface area (Å²) in [5.41, 5.74) is 2.01. The van der Waals surface area contributed by atoms with Crippen molar-refractivity contribution in [2.45, 2.75) is 0 Å². The highest BCUT2D eigenvalue weighted by Gasteiger charge is 2.17. The van der Waals surface area contributed by atoms with Crippen LogP contribution in [0.5, 0.6) is 23.0 Å². The Balaban J connectivity index is 1.62. The average Bonchev–Trinajstić information content (AvgIpc) is 2.95. The van der Waals surface area contributed by atoms with Gasteiger partial charge in [0.1, 0.15) is 11.6 Å². The van der Waals surface area contributed by atoms with Gasteiger partial charge < -0.3 is 18.9 Å². The third-order valence-electron chi connectivity index (χ3n) is 6.56. The molecule has 0 aliphatic heterocycles. The molecule has 0 radical (unpaired) electrons. The van der Waals surface area contributed by atoms with Crippen LogP contribution in [0.15, 0.2) is 58.1 Å². The second kappa shape index (κ2) is 9.55. The van der Waals surface area contributed by atoms with Crippen molar-refractivity contribution < 1.29 is 18.9 Å². The number of benzene rings is 3. The monoisotopic (exact) mass is 514 g/mol. The van der Waals surface area contributed by atoms with Crippen molar-refractivity contribution in [1.82, 2.24) is 19.1 Å². The molecule has 0 saturated carbocycles. The summed E-state index contributed by atoms with van der Waals surface area (Å²) in [6, 6.07) is 14.0. The molecule has 2 heterocycles. The fourth-order valence-corrected chi connectivity index (χ4v) is 4.48. The van der Waals surface area contributed by atoms with Crippen LogP contribution in [-0.2, 0) is 14.1 Å². The molecule has 0 bridgehead atoms. The third kappa shape index (κ3) is 3.90. The van der Waals surface area contributed by atoms with E-state index in [4.69, 9.17) is 28.9 Å². The first-order chi connectivity index (χ1) is 18.3. The topological polar surface area (TPSA) is 107 Å². The van der Waals surface area contributed by atoms with E-state index in [1.54, 1.807) is 38.4 Å². The zero-order valence-electron chi connectivity index (χ0n) is 21.9. The van der Waals surface area contributed by atoms with Crippen LogP contribution in [0.3, 0.4) is 0 Å². The van der Waals surface area contributed by atoms with Crippen LogP contribution in [0.25, 0.3) is 44.6 Å². The van der Waals surface area contributed by atoms with Gasteiger partial charge >= 0.3 is 0 Å². The van der Waals surface area contributed by atoms with Gasteiger partial charge in [0.15, 0.2) is 23.0 Å². The average molecular weight is 515 g/mol. The molecule has 0 N–H and O–H groups in total. The van der Waals surface area contributed by atoms with Gasteiger partial charge in [0, 0.05) is 37.4 Å². The van der Waals surface area contributed by atoms with E-state index in [0.717, 1.165) is 11.1 Å². The number of rotatable bonds is 6. The molecule has 3 aromatic carbocycles. The van der Waals surface area contributed by atoms with Gasteiger partial charge in [-0.3, -0.25) is 18.7 Å². The van der Waals surface area contributed by atoms with Crippen LogP contribution >= 0.6 is 0 Å². The summed E-state index contributed by atoms with van der Waals surface area (Å²) in [5, 5.41) is 0.848. The Hall–Kier alpha value is -4.86. The molecule has 0 aliphatic carbocycles. The summed E-state index contributed by atoms with van der Waals surface area (Å²) in [4.78, 5) is 35.7. The summed E-state index contributed by atoms with van der Waals surface area (Å²) in [6.45, 7) is 0. The van der Waals surface area contributed by atoms with E-state index in [-0.39, 0.29) is 11.1 Å². The lowest BCUT2D eigenvalue weighted by atomic mass is 10.1. The first kappa shape index (κ1) is 24.8. The van der Waals surface area contributed by atoms with Gasteiger partial charge in [0.2, 0.25) is 0 Å². The Bertz CT molecular complexity index is 1690. The number of hydrogen-bond acceptors (Lipinski definition) is 8. The predicted molar refractivity (Wildman–Crippen MR) is 145 cm³/mol. The molecule has 10 heteroatoms. The van der Waals surface area contributed by atoms with Crippen molar-refractivity contribution in [2.24, 2.45) is 14.1 Å². The molecule has 0 unspecified atom stereocenters. The zero-order valence-corrected chi connectivity index (χ0v) is 21.9. The van der Waals surface area contributed by atoms with Gasteiger partial charge in [-0.2, -0.15) is 0 Å². The molecule has 0 saturated heterocycles. The zero-order chi connectivity index (χ0) is 27.1. The summed E-state index contributed by atoms with van der Waals surface area (Å²) in [7, 11) is 9.45. The maximum absolute atomic E-state index is 13.1. The smallest absolute Gasteiger partial charge is 0.261 e. The van der Waals surface area contributed by atoms with Crippen molar-refractivity contribution in [2.75, 3.05) is 28.4 Å². The molecule has 38 heavy (non-hydrogen) atoms. The van der Waals surface area contributed by atoms with E-state index in [0.29, 0.717) is 56.5 Å². The van der Waals surface area contributed by atoms with Crippen LogP contribution in [0.4, 0.5) is 0 Å². The first-order valence-corrected chi connectivity index (χ1v) is 11.7. The third-order valence-corrected chi connectivity index (χ3v) is 6.56. The normalized spacial score (nSPS) is 11.1. The molecule has 0 aliphatic rings. The van der Waals surface area contributed by atoms with E-state index < -0.39 is 0 Å². The highest BCUT2D eigenvalue weighted by molar-refractivity contribution is 5.85. The lowest BCUT2D eigenvalue weighted by Gasteiger charge is -2.14. The maximum atomic E-state index is 13.1. The van der Waals surface area contributed by atoms with E-state index in [9.17, 15) is 9.59 Å². The van der Waals surface area contributed by atoms with Gasteiger partial charge in [0.05, 0.1) is 50.2 Å². The van der Waals surface area contributed by atoms with Gasteiger partial charge in [-0.1, -0.05) is 24.3 Å². The van der Waals surface area contributed by atoms with Gasteiger partial charge in [0.25, 0.3) is 11.1 Å². The minimum atomic E-state index is -0.210. The fraction of sp³-hybridized carbons (Fsp3) is 0.214. The largest absolute Gasteiger partial charge is 0.493 e. The predicted octanol–water partition coefficient (Wildman–Crippen LogP) is 3.55. The number of aromatic nitrogens is 4. The van der Waals surface area contributed by atoms with E-state index in [2.05, 4.69) is 0 Å². The number of fused-ring (bicyclic) bond motifs is 2. The molecule has 2 aromatic heterocycles. The second-order valence-corrected chi connectivity index (χ2v) is 8.63. The molecule has 0 fully saturated rings. The standard InChI is InChI=1S/C28H26N4O6/c1-31-25(29-19-13-23(37-5)21(35-3)11-17(19)27(31)33)15-7-9-16(10-8-15)26-30-20-14-24(38-6)22(36-4)12-18(20)28(34)32(26)2/h7-14H,1-6H3. The molecule has 10 nitrogen and oxygen atoms in total. The molecule has 0 amide bonds. The molecular formula is C28H26N4O6. The molecule has 194 valence electrons.